The monoisotopic (exact) mass is 539 g/mol. The fourth-order valence-corrected chi connectivity index (χ4v) is 3.18. The second-order valence-electron chi connectivity index (χ2n) is 7.37. The number of methoxy groups -OCH3 is 1. The van der Waals surface area contributed by atoms with E-state index in [1.165, 1.54) is 5.56 Å². The maximum absolute atomic E-state index is 5.59. The van der Waals surface area contributed by atoms with E-state index >= 15 is 0 Å². The first kappa shape index (κ1) is 26.6. The van der Waals surface area contributed by atoms with Gasteiger partial charge in [0.1, 0.15) is 6.61 Å². The Balaban J connectivity index is 0.00000480. The number of benzene rings is 1. The van der Waals surface area contributed by atoms with Crippen molar-refractivity contribution in [3.63, 3.8) is 0 Å². The first-order valence-electron chi connectivity index (χ1n) is 10.1. The number of hydrogen-bond acceptors (Lipinski definition) is 4. The summed E-state index contributed by atoms with van der Waals surface area (Å²) in [6, 6.07) is 5.77. The molecule has 7 nitrogen and oxygen atoms in total. The van der Waals surface area contributed by atoms with E-state index in [2.05, 4.69) is 48.2 Å². The molecule has 170 valence electrons. The van der Waals surface area contributed by atoms with Gasteiger partial charge >= 0.3 is 0 Å². The molecule has 0 unspecified atom stereocenters. The molecule has 1 heterocycles. The van der Waals surface area contributed by atoms with Gasteiger partial charge in [0.15, 0.2) is 17.5 Å². The largest absolute Gasteiger partial charge is 0.493 e. The lowest BCUT2D eigenvalue weighted by atomic mass is 10.1. The third-order valence-corrected chi connectivity index (χ3v) is 4.54. The highest BCUT2D eigenvalue weighted by Crippen LogP contribution is 2.28. The molecule has 0 amide bonds. The quantitative estimate of drug-likeness (QED) is 0.228. The third-order valence-electron chi connectivity index (χ3n) is 4.54. The smallest absolute Gasteiger partial charge is 0.194 e. The lowest BCUT2D eigenvalue weighted by Gasteiger charge is -2.22. The van der Waals surface area contributed by atoms with Gasteiger partial charge in [-0.05, 0) is 30.5 Å². The molecule has 2 aromatic rings. The zero-order chi connectivity index (χ0) is 22.1. The van der Waals surface area contributed by atoms with E-state index in [9.17, 15) is 0 Å². The fraction of sp³-hybridized carbons (Fsp3) is 0.478. The minimum atomic E-state index is 0. The summed E-state index contributed by atoms with van der Waals surface area (Å²) >= 11 is 0. The van der Waals surface area contributed by atoms with Crippen LogP contribution in [0.15, 0.2) is 29.4 Å². The number of nitrogens with zero attached hydrogens (tertiary/aromatic N) is 4. The highest BCUT2D eigenvalue weighted by Gasteiger charge is 2.15. The topological polar surface area (TPSA) is 63.9 Å². The number of aliphatic imine (C=N–C) groups is 1. The Labute approximate surface area is 203 Å². The molecular formula is C23H34IN5O2. The summed E-state index contributed by atoms with van der Waals surface area (Å²) in [6.07, 6.45) is 7.38. The molecule has 0 saturated heterocycles. The van der Waals surface area contributed by atoms with Crippen molar-refractivity contribution in [1.29, 1.82) is 0 Å². The molecule has 0 aliphatic heterocycles. The third kappa shape index (κ3) is 7.65. The van der Waals surface area contributed by atoms with Crippen LogP contribution in [0, 0.1) is 12.3 Å². The van der Waals surface area contributed by atoms with Crippen LogP contribution in [0.1, 0.15) is 43.5 Å². The zero-order valence-electron chi connectivity index (χ0n) is 19.3. The number of ether oxygens (including phenoxy) is 2. The van der Waals surface area contributed by atoms with E-state index in [0.29, 0.717) is 24.0 Å². The van der Waals surface area contributed by atoms with E-state index in [4.69, 9.17) is 20.9 Å². The van der Waals surface area contributed by atoms with Crippen LogP contribution in [0.4, 0.5) is 0 Å². The van der Waals surface area contributed by atoms with Crippen molar-refractivity contribution in [2.75, 3.05) is 27.3 Å². The molecule has 0 radical (unpaired) electrons. The summed E-state index contributed by atoms with van der Waals surface area (Å²) in [5, 5.41) is 7.97. The van der Waals surface area contributed by atoms with Gasteiger partial charge in [0.25, 0.3) is 0 Å². The van der Waals surface area contributed by atoms with Crippen LogP contribution < -0.4 is 14.8 Å². The number of rotatable bonds is 9. The summed E-state index contributed by atoms with van der Waals surface area (Å²) in [7, 11) is 5.60. The predicted molar refractivity (Wildman–Crippen MR) is 136 cm³/mol. The molecule has 0 bridgehead atoms. The Morgan fingerprint density at radius 2 is 2.10 bits per heavy atom. The summed E-state index contributed by atoms with van der Waals surface area (Å²) in [4.78, 5) is 6.92. The van der Waals surface area contributed by atoms with Crippen molar-refractivity contribution in [2.24, 2.45) is 12.0 Å². The normalized spacial score (nSPS) is 11.0. The van der Waals surface area contributed by atoms with Gasteiger partial charge in [-0.3, -0.25) is 4.68 Å². The standard InChI is InChI=1S/C23H33N5O2.HI/c1-8-12-30-21-13-18(10-11-20(21)29-7)14-25-23(24-9-2)27(5)15-19-16-28(6)26-22(19)17(3)4;/h1,10-11,13,16-17H,9,12,14-15H2,2-7H3,(H,24,25);1H. The van der Waals surface area contributed by atoms with Gasteiger partial charge in [0.05, 0.1) is 19.3 Å². The molecule has 8 heteroatoms. The summed E-state index contributed by atoms with van der Waals surface area (Å²) < 4.78 is 12.8. The van der Waals surface area contributed by atoms with Gasteiger partial charge in [0, 0.05) is 38.9 Å². The Kier molecular flexibility index (Phi) is 11.3. The minimum absolute atomic E-state index is 0. The zero-order valence-corrected chi connectivity index (χ0v) is 21.6. The maximum atomic E-state index is 5.59. The second-order valence-corrected chi connectivity index (χ2v) is 7.37. The van der Waals surface area contributed by atoms with Crippen molar-refractivity contribution in [2.45, 2.75) is 39.8 Å². The van der Waals surface area contributed by atoms with Crippen molar-refractivity contribution in [3.8, 4) is 23.8 Å². The summed E-state index contributed by atoms with van der Waals surface area (Å²) in [5.74, 6) is 4.96. The molecule has 31 heavy (non-hydrogen) atoms. The van der Waals surface area contributed by atoms with Crippen molar-refractivity contribution >= 4 is 29.9 Å². The Morgan fingerprint density at radius 3 is 2.71 bits per heavy atom. The lowest BCUT2D eigenvalue weighted by molar-refractivity contribution is 0.330. The number of nitrogens with one attached hydrogen (secondary N) is 1. The van der Waals surface area contributed by atoms with Gasteiger partial charge < -0.3 is 19.7 Å². The average Bonchev–Trinajstić information content (AvgIpc) is 3.09. The molecule has 0 fully saturated rings. The van der Waals surface area contributed by atoms with E-state index in [0.717, 1.165) is 30.3 Å². The maximum Gasteiger partial charge on any atom is 0.194 e. The van der Waals surface area contributed by atoms with Crippen LogP contribution in [0.3, 0.4) is 0 Å². The van der Waals surface area contributed by atoms with E-state index in [1.807, 2.05) is 37.0 Å². The van der Waals surface area contributed by atoms with Gasteiger partial charge in [-0.15, -0.1) is 30.4 Å². The first-order chi connectivity index (χ1) is 14.4. The number of aryl methyl sites for hydroxylation is 1. The first-order valence-corrected chi connectivity index (χ1v) is 10.1. The summed E-state index contributed by atoms with van der Waals surface area (Å²) in [5.41, 5.74) is 3.33. The van der Waals surface area contributed by atoms with Gasteiger partial charge in [-0.1, -0.05) is 25.8 Å². The van der Waals surface area contributed by atoms with E-state index in [-0.39, 0.29) is 30.6 Å². The highest BCUT2D eigenvalue weighted by atomic mass is 127. The summed E-state index contributed by atoms with van der Waals surface area (Å²) in [6.45, 7) is 8.60. The number of aromatic nitrogens is 2. The Hall–Kier alpha value is -2.41. The van der Waals surface area contributed by atoms with E-state index < -0.39 is 0 Å². The Bertz CT molecular complexity index is 902. The number of halogens is 1. The van der Waals surface area contributed by atoms with Crippen LogP contribution in [0.2, 0.25) is 0 Å². The number of terminal acetylenes is 1. The number of hydrogen-bond donors (Lipinski definition) is 1. The average molecular weight is 539 g/mol. The molecule has 2 rings (SSSR count). The molecule has 1 aromatic carbocycles. The van der Waals surface area contributed by atoms with Crippen LogP contribution in [0.5, 0.6) is 11.5 Å². The molecule has 1 N–H and O–H groups in total. The van der Waals surface area contributed by atoms with Gasteiger partial charge in [-0.2, -0.15) is 5.10 Å². The predicted octanol–water partition coefficient (Wildman–Crippen LogP) is 3.78. The van der Waals surface area contributed by atoms with Crippen LogP contribution in [-0.2, 0) is 20.1 Å². The fourth-order valence-electron chi connectivity index (χ4n) is 3.18. The van der Waals surface area contributed by atoms with Gasteiger partial charge in [-0.25, -0.2) is 4.99 Å². The molecule has 0 atom stereocenters. The lowest BCUT2D eigenvalue weighted by Crippen LogP contribution is -2.38. The molecule has 0 aliphatic rings. The number of guanidine groups is 1. The SMILES string of the molecule is C#CCOc1cc(CN=C(NCC)N(C)Cc2cn(C)nc2C(C)C)ccc1OC.I. The minimum Gasteiger partial charge on any atom is -0.493 e. The second kappa shape index (κ2) is 13.1. The highest BCUT2D eigenvalue weighted by molar-refractivity contribution is 14.0. The van der Waals surface area contributed by atoms with Crippen LogP contribution in [-0.4, -0.2) is 47.9 Å². The molecule has 0 spiro atoms. The van der Waals surface area contributed by atoms with Crippen molar-refractivity contribution in [1.82, 2.24) is 20.0 Å². The molecular weight excluding hydrogens is 505 g/mol. The van der Waals surface area contributed by atoms with Crippen molar-refractivity contribution in [3.05, 3.63) is 41.2 Å². The molecule has 1 aromatic heterocycles. The van der Waals surface area contributed by atoms with Crippen molar-refractivity contribution < 1.29 is 9.47 Å². The van der Waals surface area contributed by atoms with Crippen LogP contribution >= 0.6 is 24.0 Å². The Morgan fingerprint density at radius 1 is 1.35 bits per heavy atom. The van der Waals surface area contributed by atoms with Crippen LogP contribution in [0.25, 0.3) is 0 Å². The van der Waals surface area contributed by atoms with Gasteiger partial charge in [0.2, 0.25) is 0 Å². The molecule has 0 aliphatic carbocycles. The van der Waals surface area contributed by atoms with E-state index in [1.54, 1.807) is 7.11 Å². The molecule has 0 saturated carbocycles.